The Balaban J connectivity index is 2.20. The van der Waals surface area contributed by atoms with Gasteiger partial charge in [-0.15, -0.1) is 0 Å². The molecule has 0 amide bonds. The molecule has 0 spiro atoms. The van der Waals surface area contributed by atoms with Crippen molar-refractivity contribution in [1.82, 2.24) is 5.32 Å². The SMILES string of the molecule is CCCNCC(Cc1ccccc1Br)c1ccccc1F. The molecule has 2 aromatic carbocycles. The number of nitrogens with one attached hydrogen (secondary N) is 1. The van der Waals surface area contributed by atoms with Crippen LogP contribution in [-0.2, 0) is 6.42 Å². The summed E-state index contributed by atoms with van der Waals surface area (Å²) >= 11 is 3.58. The summed E-state index contributed by atoms with van der Waals surface area (Å²) in [6.45, 7) is 3.88. The van der Waals surface area contributed by atoms with Crippen LogP contribution in [0.4, 0.5) is 4.39 Å². The van der Waals surface area contributed by atoms with E-state index in [1.165, 1.54) is 5.56 Å². The molecular formula is C18H21BrFN. The number of hydrogen-bond acceptors (Lipinski definition) is 1. The van der Waals surface area contributed by atoms with Crippen LogP contribution in [0.25, 0.3) is 0 Å². The van der Waals surface area contributed by atoms with E-state index < -0.39 is 0 Å². The maximum Gasteiger partial charge on any atom is 0.126 e. The van der Waals surface area contributed by atoms with E-state index in [4.69, 9.17) is 0 Å². The molecule has 0 saturated heterocycles. The fourth-order valence-corrected chi connectivity index (χ4v) is 2.93. The smallest absolute Gasteiger partial charge is 0.126 e. The highest BCUT2D eigenvalue weighted by Gasteiger charge is 2.16. The lowest BCUT2D eigenvalue weighted by molar-refractivity contribution is 0.536. The van der Waals surface area contributed by atoms with Crippen LogP contribution < -0.4 is 5.32 Å². The molecule has 1 N–H and O–H groups in total. The maximum atomic E-state index is 14.1. The van der Waals surface area contributed by atoms with E-state index in [2.05, 4.69) is 34.2 Å². The Hall–Kier alpha value is -1.19. The molecule has 0 aliphatic rings. The van der Waals surface area contributed by atoms with Crippen LogP contribution in [0.2, 0.25) is 0 Å². The molecule has 1 atom stereocenters. The van der Waals surface area contributed by atoms with E-state index in [1.54, 1.807) is 12.1 Å². The number of benzene rings is 2. The van der Waals surface area contributed by atoms with Gasteiger partial charge in [-0.2, -0.15) is 0 Å². The lowest BCUT2D eigenvalue weighted by Gasteiger charge is -2.19. The van der Waals surface area contributed by atoms with Gasteiger partial charge in [-0.3, -0.25) is 0 Å². The van der Waals surface area contributed by atoms with Gasteiger partial charge in [0.2, 0.25) is 0 Å². The molecule has 21 heavy (non-hydrogen) atoms. The van der Waals surface area contributed by atoms with Crippen molar-refractivity contribution in [1.29, 1.82) is 0 Å². The van der Waals surface area contributed by atoms with Gasteiger partial charge in [0.1, 0.15) is 5.82 Å². The summed E-state index contributed by atoms with van der Waals surface area (Å²) in [5, 5.41) is 3.42. The summed E-state index contributed by atoms with van der Waals surface area (Å²) in [6, 6.07) is 15.2. The largest absolute Gasteiger partial charge is 0.316 e. The third-order valence-electron chi connectivity index (χ3n) is 3.59. The van der Waals surface area contributed by atoms with Crippen molar-refractivity contribution in [3.63, 3.8) is 0 Å². The average molecular weight is 350 g/mol. The number of hydrogen-bond donors (Lipinski definition) is 1. The van der Waals surface area contributed by atoms with Gasteiger partial charge in [0.15, 0.2) is 0 Å². The lowest BCUT2D eigenvalue weighted by atomic mass is 9.91. The van der Waals surface area contributed by atoms with Crippen LogP contribution in [0.1, 0.15) is 30.4 Å². The highest BCUT2D eigenvalue weighted by atomic mass is 79.9. The summed E-state index contributed by atoms with van der Waals surface area (Å²) < 4.78 is 15.2. The van der Waals surface area contributed by atoms with Crippen LogP contribution in [-0.4, -0.2) is 13.1 Å². The predicted molar refractivity (Wildman–Crippen MR) is 90.1 cm³/mol. The van der Waals surface area contributed by atoms with Crippen molar-refractivity contribution in [2.75, 3.05) is 13.1 Å². The predicted octanol–water partition coefficient (Wildman–Crippen LogP) is 4.91. The van der Waals surface area contributed by atoms with Gasteiger partial charge in [-0.25, -0.2) is 4.39 Å². The van der Waals surface area contributed by atoms with E-state index in [1.807, 2.05) is 30.3 Å². The molecule has 1 nitrogen and oxygen atoms in total. The summed E-state index contributed by atoms with van der Waals surface area (Å²) in [5.41, 5.74) is 2.00. The molecule has 0 saturated carbocycles. The molecule has 0 aliphatic carbocycles. The van der Waals surface area contributed by atoms with Crippen molar-refractivity contribution in [2.45, 2.75) is 25.7 Å². The van der Waals surface area contributed by atoms with Crippen LogP contribution in [0.5, 0.6) is 0 Å². The second-order valence-corrected chi connectivity index (χ2v) is 6.07. The number of halogens is 2. The first-order valence-corrected chi connectivity index (χ1v) is 8.20. The first-order valence-electron chi connectivity index (χ1n) is 7.41. The van der Waals surface area contributed by atoms with Crippen LogP contribution in [0.15, 0.2) is 53.0 Å². The quantitative estimate of drug-likeness (QED) is 0.700. The summed E-state index contributed by atoms with van der Waals surface area (Å²) in [5.74, 6) is 0.0179. The van der Waals surface area contributed by atoms with Crippen LogP contribution in [0.3, 0.4) is 0 Å². The van der Waals surface area contributed by atoms with Gasteiger partial charge in [0, 0.05) is 16.9 Å². The fourth-order valence-electron chi connectivity index (χ4n) is 2.48. The minimum absolute atomic E-state index is 0.118. The van der Waals surface area contributed by atoms with Gasteiger partial charge in [0.05, 0.1) is 0 Å². The lowest BCUT2D eigenvalue weighted by Crippen LogP contribution is -2.24. The zero-order valence-electron chi connectivity index (χ0n) is 12.3. The Morgan fingerprint density at radius 1 is 1.10 bits per heavy atom. The molecule has 1 unspecified atom stereocenters. The average Bonchev–Trinajstić information content (AvgIpc) is 2.49. The molecule has 0 aliphatic heterocycles. The van der Waals surface area contributed by atoms with Gasteiger partial charge in [0.25, 0.3) is 0 Å². The Morgan fingerprint density at radius 3 is 2.52 bits per heavy atom. The second-order valence-electron chi connectivity index (χ2n) is 5.22. The third-order valence-corrected chi connectivity index (χ3v) is 4.36. The van der Waals surface area contributed by atoms with Gasteiger partial charge >= 0.3 is 0 Å². The van der Waals surface area contributed by atoms with Crippen molar-refractivity contribution < 1.29 is 4.39 Å². The summed E-state index contributed by atoms with van der Waals surface area (Å²) in [7, 11) is 0. The Morgan fingerprint density at radius 2 is 1.81 bits per heavy atom. The van der Waals surface area contributed by atoms with E-state index >= 15 is 0 Å². The highest BCUT2D eigenvalue weighted by molar-refractivity contribution is 9.10. The topological polar surface area (TPSA) is 12.0 Å². The minimum Gasteiger partial charge on any atom is -0.316 e. The first-order chi connectivity index (χ1) is 10.2. The van der Waals surface area contributed by atoms with Crippen LogP contribution >= 0.6 is 15.9 Å². The van der Waals surface area contributed by atoms with Crippen LogP contribution in [0, 0.1) is 5.82 Å². The van der Waals surface area contributed by atoms with E-state index in [0.29, 0.717) is 0 Å². The van der Waals surface area contributed by atoms with E-state index in [9.17, 15) is 4.39 Å². The molecule has 0 fully saturated rings. The monoisotopic (exact) mass is 349 g/mol. The molecular weight excluding hydrogens is 329 g/mol. The Bertz CT molecular complexity index is 571. The minimum atomic E-state index is -0.118. The van der Waals surface area contributed by atoms with Crippen molar-refractivity contribution in [3.8, 4) is 0 Å². The summed E-state index contributed by atoms with van der Waals surface area (Å²) in [4.78, 5) is 0. The molecule has 2 rings (SSSR count). The Labute approximate surface area is 134 Å². The maximum absolute atomic E-state index is 14.1. The van der Waals surface area contributed by atoms with E-state index in [0.717, 1.165) is 36.0 Å². The van der Waals surface area contributed by atoms with Gasteiger partial charge in [-0.1, -0.05) is 59.3 Å². The van der Waals surface area contributed by atoms with Crippen molar-refractivity contribution in [2.24, 2.45) is 0 Å². The zero-order valence-corrected chi connectivity index (χ0v) is 13.9. The molecule has 0 heterocycles. The third kappa shape index (κ3) is 4.65. The highest BCUT2D eigenvalue weighted by Crippen LogP contribution is 2.26. The molecule has 0 radical (unpaired) electrons. The van der Waals surface area contributed by atoms with Gasteiger partial charge < -0.3 is 5.32 Å². The normalized spacial score (nSPS) is 12.3. The molecule has 2 aromatic rings. The zero-order chi connectivity index (χ0) is 15.1. The number of rotatable bonds is 7. The molecule has 112 valence electrons. The fraction of sp³-hybridized carbons (Fsp3) is 0.333. The van der Waals surface area contributed by atoms with Crippen molar-refractivity contribution in [3.05, 3.63) is 69.9 Å². The van der Waals surface area contributed by atoms with Crippen molar-refractivity contribution >= 4 is 15.9 Å². The van der Waals surface area contributed by atoms with E-state index in [-0.39, 0.29) is 11.7 Å². The molecule has 0 bridgehead atoms. The first kappa shape index (κ1) is 16.2. The standard InChI is InChI=1S/C18H21BrFN/c1-2-11-21-13-15(16-8-4-6-10-18(16)20)12-14-7-3-5-9-17(14)19/h3-10,15,21H,2,11-13H2,1H3. The Kier molecular flexibility index (Phi) is 6.40. The van der Waals surface area contributed by atoms with Gasteiger partial charge in [-0.05, 0) is 42.6 Å². The second kappa shape index (κ2) is 8.30. The molecule has 0 aromatic heterocycles. The summed E-state index contributed by atoms with van der Waals surface area (Å²) in [6.07, 6.45) is 1.90. The molecule has 3 heteroatoms.